The minimum Gasteiger partial charge on any atom is -0.480 e. The Balaban J connectivity index is 3.04. The standard InChI is InChI=1S/C9H9F2NO3S/c10-6-2-1-5(3-7(6)11)16(15)8(4-12)9(13)14/h1-3,8H,4,12H2,(H,13,14). The Morgan fingerprint density at radius 2 is 2.06 bits per heavy atom. The van der Waals surface area contributed by atoms with Crippen LogP contribution in [0.25, 0.3) is 0 Å². The van der Waals surface area contributed by atoms with Crippen molar-refractivity contribution >= 4 is 16.8 Å². The van der Waals surface area contributed by atoms with Crippen molar-refractivity contribution in [2.45, 2.75) is 10.1 Å². The molecule has 1 rings (SSSR count). The van der Waals surface area contributed by atoms with Crippen LogP contribution < -0.4 is 5.73 Å². The van der Waals surface area contributed by atoms with Gasteiger partial charge in [-0.05, 0) is 18.2 Å². The highest BCUT2D eigenvalue weighted by Crippen LogP contribution is 2.15. The maximum Gasteiger partial charge on any atom is 0.320 e. The van der Waals surface area contributed by atoms with Crippen LogP contribution >= 0.6 is 0 Å². The number of carboxylic acids is 1. The molecule has 0 aliphatic heterocycles. The molecule has 88 valence electrons. The molecular weight excluding hydrogens is 240 g/mol. The molecule has 2 atom stereocenters. The van der Waals surface area contributed by atoms with Crippen LogP contribution in [-0.2, 0) is 15.6 Å². The monoisotopic (exact) mass is 249 g/mol. The summed E-state index contributed by atoms with van der Waals surface area (Å²) in [5.41, 5.74) is 5.14. The fourth-order valence-corrected chi connectivity index (χ4v) is 2.15. The summed E-state index contributed by atoms with van der Waals surface area (Å²) in [6.45, 7) is -0.346. The van der Waals surface area contributed by atoms with Gasteiger partial charge in [0.05, 0.1) is 10.8 Å². The molecule has 1 aromatic rings. The largest absolute Gasteiger partial charge is 0.480 e. The molecule has 0 bridgehead atoms. The van der Waals surface area contributed by atoms with Crippen molar-refractivity contribution in [2.24, 2.45) is 5.73 Å². The third-order valence-corrected chi connectivity index (χ3v) is 3.50. The van der Waals surface area contributed by atoms with Crippen LogP contribution in [-0.4, -0.2) is 27.1 Å². The molecule has 0 fully saturated rings. The molecule has 0 aliphatic carbocycles. The molecule has 0 amide bonds. The number of carboxylic acid groups (broad SMARTS) is 1. The Hall–Kier alpha value is -1.34. The third kappa shape index (κ3) is 2.61. The van der Waals surface area contributed by atoms with Crippen molar-refractivity contribution in [3.8, 4) is 0 Å². The summed E-state index contributed by atoms with van der Waals surface area (Å²) in [5, 5.41) is 7.36. The van der Waals surface area contributed by atoms with Crippen LogP contribution in [0.3, 0.4) is 0 Å². The first-order valence-corrected chi connectivity index (χ1v) is 5.47. The Morgan fingerprint density at radius 1 is 1.44 bits per heavy atom. The summed E-state index contributed by atoms with van der Waals surface area (Å²) >= 11 is 0. The number of halogens is 2. The lowest BCUT2D eigenvalue weighted by Gasteiger charge is -2.09. The van der Waals surface area contributed by atoms with Gasteiger partial charge in [0.15, 0.2) is 11.6 Å². The summed E-state index contributed by atoms with van der Waals surface area (Å²) in [4.78, 5) is 10.6. The molecular formula is C9H9F2NO3S. The number of nitrogens with two attached hydrogens (primary N) is 1. The van der Waals surface area contributed by atoms with Gasteiger partial charge in [-0.15, -0.1) is 0 Å². The minimum absolute atomic E-state index is 0.100. The molecule has 0 spiro atoms. The lowest BCUT2D eigenvalue weighted by molar-refractivity contribution is -0.136. The van der Waals surface area contributed by atoms with Gasteiger partial charge in [0.25, 0.3) is 0 Å². The van der Waals surface area contributed by atoms with E-state index in [9.17, 15) is 17.8 Å². The van der Waals surface area contributed by atoms with Crippen LogP contribution in [0, 0.1) is 11.6 Å². The number of hydrogen-bond acceptors (Lipinski definition) is 3. The van der Waals surface area contributed by atoms with Crippen LogP contribution in [0.1, 0.15) is 0 Å². The number of rotatable bonds is 4. The van der Waals surface area contributed by atoms with Gasteiger partial charge in [-0.1, -0.05) is 0 Å². The zero-order valence-corrected chi connectivity index (χ0v) is 8.84. The topological polar surface area (TPSA) is 80.4 Å². The molecule has 0 aromatic heterocycles. The van der Waals surface area contributed by atoms with Gasteiger partial charge >= 0.3 is 5.97 Å². The van der Waals surface area contributed by atoms with Crippen molar-refractivity contribution in [3.63, 3.8) is 0 Å². The molecule has 7 heteroatoms. The van der Waals surface area contributed by atoms with E-state index in [-0.39, 0.29) is 11.4 Å². The zero-order chi connectivity index (χ0) is 12.3. The summed E-state index contributed by atoms with van der Waals surface area (Å²) in [6.07, 6.45) is 0. The zero-order valence-electron chi connectivity index (χ0n) is 8.02. The first kappa shape index (κ1) is 12.7. The quantitative estimate of drug-likeness (QED) is 0.813. The van der Waals surface area contributed by atoms with Crippen molar-refractivity contribution < 1.29 is 22.9 Å². The highest BCUT2D eigenvalue weighted by Gasteiger charge is 2.24. The van der Waals surface area contributed by atoms with Gasteiger partial charge in [-0.3, -0.25) is 9.00 Å². The van der Waals surface area contributed by atoms with E-state index < -0.39 is 33.7 Å². The number of carbonyl (C=O) groups is 1. The first-order chi connectivity index (χ1) is 7.47. The fraction of sp³-hybridized carbons (Fsp3) is 0.222. The lowest BCUT2D eigenvalue weighted by atomic mass is 10.3. The van der Waals surface area contributed by atoms with E-state index in [1.807, 2.05) is 0 Å². The second-order valence-electron chi connectivity index (χ2n) is 2.94. The normalized spacial score (nSPS) is 14.4. The molecule has 4 nitrogen and oxygen atoms in total. The van der Waals surface area contributed by atoms with E-state index in [2.05, 4.69) is 0 Å². The number of hydrogen-bond donors (Lipinski definition) is 2. The van der Waals surface area contributed by atoms with Gasteiger partial charge < -0.3 is 10.8 Å². The van der Waals surface area contributed by atoms with E-state index in [1.54, 1.807) is 0 Å². The highest BCUT2D eigenvalue weighted by molar-refractivity contribution is 7.86. The molecule has 0 heterocycles. The van der Waals surface area contributed by atoms with Crippen LogP contribution in [0.2, 0.25) is 0 Å². The van der Waals surface area contributed by atoms with Crippen molar-refractivity contribution in [3.05, 3.63) is 29.8 Å². The Kier molecular flexibility index (Phi) is 4.08. The van der Waals surface area contributed by atoms with Crippen molar-refractivity contribution in [1.29, 1.82) is 0 Å². The second-order valence-corrected chi connectivity index (χ2v) is 4.57. The molecule has 0 saturated heterocycles. The van der Waals surface area contributed by atoms with Crippen LogP contribution in [0.5, 0.6) is 0 Å². The molecule has 1 aromatic carbocycles. The number of benzene rings is 1. The molecule has 0 aliphatic rings. The van der Waals surface area contributed by atoms with Crippen molar-refractivity contribution in [2.75, 3.05) is 6.54 Å². The molecule has 0 saturated carbocycles. The SMILES string of the molecule is NCC(C(=O)O)S(=O)c1ccc(F)c(F)c1. The summed E-state index contributed by atoms with van der Waals surface area (Å²) < 4.78 is 37.1. The predicted octanol–water partition coefficient (Wildman–Crippen LogP) is 0.484. The second kappa shape index (κ2) is 5.13. The molecule has 16 heavy (non-hydrogen) atoms. The third-order valence-electron chi connectivity index (χ3n) is 1.87. The van der Waals surface area contributed by atoms with E-state index >= 15 is 0 Å². The summed E-state index contributed by atoms with van der Waals surface area (Å²) in [7, 11) is -2.00. The average molecular weight is 249 g/mol. The van der Waals surface area contributed by atoms with Gasteiger partial charge in [-0.25, -0.2) is 8.78 Å². The van der Waals surface area contributed by atoms with Gasteiger partial charge in [0, 0.05) is 11.4 Å². The summed E-state index contributed by atoms with van der Waals surface area (Å²) in [5.74, 6) is -3.60. The van der Waals surface area contributed by atoms with Gasteiger partial charge in [-0.2, -0.15) is 0 Å². The predicted molar refractivity (Wildman–Crippen MR) is 53.2 cm³/mol. The Labute approximate surface area is 92.5 Å². The van der Waals surface area contributed by atoms with Gasteiger partial charge in [0.1, 0.15) is 5.25 Å². The average Bonchev–Trinajstić information content (AvgIpc) is 2.22. The smallest absolute Gasteiger partial charge is 0.320 e. The van der Waals surface area contributed by atoms with E-state index in [1.165, 1.54) is 0 Å². The highest BCUT2D eigenvalue weighted by atomic mass is 32.2. The lowest BCUT2D eigenvalue weighted by Crippen LogP contribution is -2.33. The van der Waals surface area contributed by atoms with Crippen molar-refractivity contribution in [1.82, 2.24) is 0 Å². The van der Waals surface area contributed by atoms with E-state index in [4.69, 9.17) is 10.8 Å². The Bertz CT molecular complexity index is 439. The van der Waals surface area contributed by atoms with E-state index in [0.29, 0.717) is 6.07 Å². The fourth-order valence-electron chi connectivity index (χ4n) is 1.05. The molecule has 0 radical (unpaired) electrons. The minimum atomic E-state index is -2.00. The molecule has 3 N–H and O–H groups in total. The van der Waals surface area contributed by atoms with Crippen LogP contribution in [0.4, 0.5) is 8.78 Å². The Morgan fingerprint density at radius 3 is 2.50 bits per heavy atom. The summed E-state index contributed by atoms with van der Waals surface area (Å²) in [6, 6.07) is 2.56. The maximum absolute atomic E-state index is 12.8. The molecule has 2 unspecified atom stereocenters. The number of aliphatic carboxylic acids is 1. The van der Waals surface area contributed by atoms with E-state index in [0.717, 1.165) is 12.1 Å². The maximum atomic E-state index is 12.8. The first-order valence-electron chi connectivity index (χ1n) is 4.26. The van der Waals surface area contributed by atoms with Gasteiger partial charge in [0.2, 0.25) is 0 Å². The van der Waals surface area contributed by atoms with Crippen LogP contribution in [0.15, 0.2) is 23.1 Å².